The van der Waals surface area contributed by atoms with E-state index in [4.69, 9.17) is 28.9 Å². The van der Waals surface area contributed by atoms with E-state index >= 15 is 0 Å². The predicted octanol–water partition coefficient (Wildman–Crippen LogP) is 5.11. The molecule has 0 aliphatic carbocycles. The van der Waals surface area contributed by atoms with Crippen LogP contribution < -0.4 is 10.5 Å². The van der Waals surface area contributed by atoms with Gasteiger partial charge in [-0.15, -0.1) is 0 Å². The number of rotatable bonds is 5. The average molecular weight is 410 g/mol. The largest absolute Gasteiger partial charge is 0.416 e. The summed E-state index contributed by atoms with van der Waals surface area (Å²) < 4.78 is 29.5. The van der Waals surface area contributed by atoms with Crippen LogP contribution in [0.5, 0.6) is 5.88 Å². The second-order valence-corrected chi connectivity index (χ2v) is 6.07. The van der Waals surface area contributed by atoms with Crippen LogP contribution in [-0.4, -0.2) is 22.9 Å². The molecule has 0 fully saturated rings. The fourth-order valence-corrected chi connectivity index (χ4v) is 2.96. The molecule has 0 radical (unpaired) electrons. The molecule has 3 aromatic rings. The summed E-state index contributed by atoms with van der Waals surface area (Å²) in [6.45, 7) is -3.12. The minimum absolute atomic E-state index is 0.108. The molecular weight excluding hydrogens is 399 g/mol. The molecule has 27 heavy (non-hydrogen) atoms. The lowest BCUT2D eigenvalue weighted by molar-refractivity contribution is -0.0530. The Balaban J connectivity index is 2.14. The van der Waals surface area contributed by atoms with Crippen molar-refractivity contribution in [2.24, 2.45) is 0 Å². The maximum Gasteiger partial charge on any atom is 0.388 e. The van der Waals surface area contributed by atoms with Gasteiger partial charge in [0.2, 0.25) is 5.88 Å². The van der Waals surface area contributed by atoms with Crippen LogP contribution in [-0.2, 0) is 0 Å². The number of hydrogen-bond donors (Lipinski definition) is 1. The third kappa shape index (κ3) is 3.84. The lowest BCUT2D eigenvalue weighted by Gasteiger charge is -2.12. The quantitative estimate of drug-likeness (QED) is 0.467. The molecule has 0 amide bonds. The zero-order valence-electron chi connectivity index (χ0n) is 13.5. The van der Waals surface area contributed by atoms with Crippen molar-refractivity contribution in [3.8, 4) is 28.4 Å². The molecule has 0 bridgehead atoms. The third-order valence-corrected chi connectivity index (χ3v) is 4.47. The number of ether oxygens (including phenoxy) is 1. The van der Waals surface area contributed by atoms with Crippen LogP contribution in [0.25, 0.3) is 22.5 Å². The van der Waals surface area contributed by atoms with Crippen LogP contribution in [0.2, 0.25) is 10.0 Å². The molecule has 2 N–H and O–H groups in total. The summed E-state index contributed by atoms with van der Waals surface area (Å²) in [5, 5.41) is 0.481. The molecule has 5 nitrogen and oxygen atoms in total. The molecule has 0 aliphatic heterocycles. The number of halogens is 4. The Kier molecular flexibility index (Phi) is 5.53. The van der Waals surface area contributed by atoms with Gasteiger partial charge in [-0.2, -0.15) is 8.78 Å². The van der Waals surface area contributed by atoms with E-state index in [2.05, 4.69) is 14.7 Å². The van der Waals surface area contributed by atoms with Gasteiger partial charge in [-0.05, 0) is 24.3 Å². The Morgan fingerprint density at radius 1 is 1.07 bits per heavy atom. The first-order chi connectivity index (χ1) is 12.9. The second kappa shape index (κ2) is 7.85. The number of pyridine rings is 2. The molecule has 138 valence electrons. The maximum absolute atomic E-state index is 12.6. The fourth-order valence-electron chi connectivity index (χ4n) is 2.43. The van der Waals surface area contributed by atoms with Gasteiger partial charge in [0, 0.05) is 17.3 Å². The number of benzene rings is 1. The molecule has 1 aromatic carbocycles. The SMILES string of the molecule is Nc1cccc(-c2nccc(-c3ccc(C=O)c(OC(F)F)n3)c2Cl)c1Cl. The topological polar surface area (TPSA) is 78.1 Å². The lowest BCUT2D eigenvalue weighted by atomic mass is 10.1. The van der Waals surface area contributed by atoms with E-state index in [0.717, 1.165) is 0 Å². The molecule has 0 saturated heterocycles. The van der Waals surface area contributed by atoms with Crippen molar-refractivity contribution in [1.29, 1.82) is 0 Å². The standard InChI is InChI=1S/C18H11Cl2F2N3O2/c19-14-11(2-1-3-12(14)23)16-15(20)10(6-7-24-16)13-5-4-9(8-26)17(25-13)27-18(21)22/h1-8,18H,23H2. The van der Waals surface area contributed by atoms with Crippen LogP contribution in [0.3, 0.4) is 0 Å². The van der Waals surface area contributed by atoms with Crippen molar-refractivity contribution in [3.63, 3.8) is 0 Å². The van der Waals surface area contributed by atoms with Crippen molar-refractivity contribution >= 4 is 35.2 Å². The number of carbonyl (C=O) groups excluding carboxylic acids is 1. The van der Waals surface area contributed by atoms with Crippen molar-refractivity contribution in [3.05, 3.63) is 58.2 Å². The normalized spacial score (nSPS) is 10.9. The number of carbonyl (C=O) groups is 1. The first kappa shape index (κ1) is 19.0. The predicted molar refractivity (Wildman–Crippen MR) is 99.4 cm³/mol. The van der Waals surface area contributed by atoms with Crippen LogP contribution in [0.1, 0.15) is 10.4 Å². The lowest BCUT2D eigenvalue weighted by Crippen LogP contribution is -2.06. The summed E-state index contributed by atoms with van der Waals surface area (Å²) in [5.41, 5.74) is 7.56. The van der Waals surface area contributed by atoms with E-state index < -0.39 is 12.5 Å². The zero-order valence-corrected chi connectivity index (χ0v) is 15.0. The van der Waals surface area contributed by atoms with Crippen molar-refractivity contribution in [1.82, 2.24) is 9.97 Å². The van der Waals surface area contributed by atoms with Gasteiger partial charge in [-0.1, -0.05) is 35.3 Å². The Morgan fingerprint density at radius 3 is 2.56 bits per heavy atom. The number of nitrogen functional groups attached to an aromatic ring is 1. The third-order valence-electron chi connectivity index (χ3n) is 3.67. The van der Waals surface area contributed by atoms with Crippen molar-refractivity contribution in [2.45, 2.75) is 6.61 Å². The first-order valence-electron chi connectivity index (χ1n) is 7.52. The Labute approximate surface area is 162 Å². The Hall–Kier alpha value is -2.77. The first-order valence-corrected chi connectivity index (χ1v) is 8.28. The number of aromatic nitrogens is 2. The number of alkyl halides is 2. The van der Waals surface area contributed by atoms with E-state index in [1.807, 2.05) is 0 Å². The number of nitrogens with zero attached hydrogens (tertiary/aromatic N) is 2. The van der Waals surface area contributed by atoms with Gasteiger partial charge in [0.25, 0.3) is 0 Å². The summed E-state index contributed by atoms with van der Waals surface area (Å²) in [4.78, 5) is 19.2. The minimum atomic E-state index is -3.12. The molecular formula is C18H11Cl2F2N3O2. The van der Waals surface area contributed by atoms with Gasteiger partial charge in [-0.25, -0.2) is 4.98 Å². The summed E-state index contributed by atoms with van der Waals surface area (Å²) in [6.07, 6.45) is 1.85. The number of anilines is 1. The van der Waals surface area contributed by atoms with Gasteiger partial charge in [0.15, 0.2) is 6.29 Å². The Bertz CT molecular complexity index is 1020. The van der Waals surface area contributed by atoms with Crippen molar-refractivity contribution < 1.29 is 18.3 Å². The molecule has 2 heterocycles. The molecule has 0 aliphatic rings. The van der Waals surface area contributed by atoms with Gasteiger partial charge < -0.3 is 10.5 Å². The Morgan fingerprint density at radius 2 is 1.85 bits per heavy atom. The molecule has 0 spiro atoms. The fraction of sp³-hybridized carbons (Fsp3) is 0.0556. The van der Waals surface area contributed by atoms with Gasteiger partial charge >= 0.3 is 6.61 Å². The van der Waals surface area contributed by atoms with Gasteiger partial charge in [-0.3, -0.25) is 9.78 Å². The highest BCUT2D eigenvalue weighted by Gasteiger charge is 2.18. The zero-order chi connectivity index (χ0) is 19.6. The van der Waals surface area contributed by atoms with Crippen LogP contribution in [0, 0.1) is 0 Å². The smallest absolute Gasteiger partial charge is 0.388 e. The average Bonchev–Trinajstić information content (AvgIpc) is 2.64. The molecule has 0 atom stereocenters. The van der Waals surface area contributed by atoms with Crippen LogP contribution in [0.4, 0.5) is 14.5 Å². The van der Waals surface area contributed by atoms with Crippen molar-refractivity contribution in [2.75, 3.05) is 5.73 Å². The number of aldehydes is 1. The summed E-state index contributed by atoms with van der Waals surface area (Å²) in [6, 6.07) is 9.38. The molecule has 0 saturated carbocycles. The van der Waals surface area contributed by atoms with E-state index in [9.17, 15) is 13.6 Å². The van der Waals surface area contributed by atoms with E-state index in [1.165, 1.54) is 18.3 Å². The second-order valence-electron chi connectivity index (χ2n) is 5.32. The summed E-state index contributed by atoms with van der Waals surface area (Å²) in [7, 11) is 0. The van der Waals surface area contributed by atoms with Crippen LogP contribution >= 0.6 is 23.2 Å². The molecule has 0 unspecified atom stereocenters. The summed E-state index contributed by atoms with van der Waals surface area (Å²) >= 11 is 12.7. The van der Waals surface area contributed by atoms with Crippen LogP contribution in [0.15, 0.2) is 42.6 Å². The molecule has 2 aromatic heterocycles. The molecule has 3 rings (SSSR count). The highest BCUT2D eigenvalue weighted by Crippen LogP contribution is 2.39. The monoisotopic (exact) mass is 409 g/mol. The van der Waals surface area contributed by atoms with E-state index in [0.29, 0.717) is 28.8 Å². The van der Waals surface area contributed by atoms with Gasteiger partial charge in [0.05, 0.1) is 32.7 Å². The number of nitrogens with two attached hydrogens (primary N) is 1. The summed E-state index contributed by atoms with van der Waals surface area (Å²) in [5.74, 6) is -0.492. The highest BCUT2D eigenvalue weighted by molar-refractivity contribution is 6.38. The van der Waals surface area contributed by atoms with E-state index in [-0.39, 0.29) is 21.3 Å². The minimum Gasteiger partial charge on any atom is -0.416 e. The van der Waals surface area contributed by atoms with E-state index in [1.54, 1.807) is 24.3 Å². The molecule has 9 heteroatoms. The maximum atomic E-state index is 12.6. The number of hydrogen-bond acceptors (Lipinski definition) is 5. The highest BCUT2D eigenvalue weighted by atomic mass is 35.5. The van der Waals surface area contributed by atoms with Gasteiger partial charge in [0.1, 0.15) is 0 Å².